The van der Waals surface area contributed by atoms with Gasteiger partial charge in [-0.05, 0) is 23.5 Å². The minimum Gasteiger partial charge on any atom is -0.358 e. The summed E-state index contributed by atoms with van der Waals surface area (Å²) >= 11 is 0. The zero-order chi connectivity index (χ0) is 18.4. The molecule has 0 saturated carbocycles. The van der Waals surface area contributed by atoms with Crippen LogP contribution >= 0.6 is 0 Å². The highest BCUT2D eigenvalue weighted by molar-refractivity contribution is 5.18. The Bertz CT molecular complexity index is 857. The summed E-state index contributed by atoms with van der Waals surface area (Å²) in [6.45, 7) is 4.16. The number of hydrogen-bond donors (Lipinski definition) is 1. The van der Waals surface area contributed by atoms with Crippen molar-refractivity contribution < 1.29 is 4.92 Å². The zero-order valence-electron chi connectivity index (χ0n) is 14.6. The number of hydrogen-bond acceptors (Lipinski definition) is 6. The van der Waals surface area contributed by atoms with Crippen molar-refractivity contribution in [3.8, 4) is 0 Å². The van der Waals surface area contributed by atoms with E-state index >= 15 is 0 Å². The van der Waals surface area contributed by atoms with Gasteiger partial charge in [0.15, 0.2) is 5.82 Å². The van der Waals surface area contributed by atoms with Crippen LogP contribution in [0.3, 0.4) is 0 Å². The summed E-state index contributed by atoms with van der Waals surface area (Å²) in [6.07, 6.45) is 4.09. The molecule has 3 rings (SSSR count). The number of benzene rings is 1. The third-order valence-corrected chi connectivity index (χ3v) is 4.10. The Hall–Kier alpha value is -3.07. The number of aryl methyl sites for hydroxylation is 2. The van der Waals surface area contributed by atoms with Crippen molar-refractivity contribution >= 4 is 5.82 Å². The molecule has 0 saturated heterocycles. The topological polar surface area (TPSA) is 104 Å². The van der Waals surface area contributed by atoms with Gasteiger partial charge in [-0.1, -0.05) is 35.5 Å². The molecule has 0 atom stereocenters. The van der Waals surface area contributed by atoms with Crippen molar-refractivity contribution in [2.45, 2.75) is 33.0 Å². The van der Waals surface area contributed by atoms with Crippen molar-refractivity contribution in [2.24, 2.45) is 0 Å². The highest BCUT2D eigenvalue weighted by Crippen LogP contribution is 2.13. The molecule has 1 N–H and O–H groups in total. The van der Waals surface area contributed by atoms with Gasteiger partial charge in [-0.3, -0.25) is 0 Å². The van der Waals surface area contributed by atoms with Crippen LogP contribution in [-0.4, -0.2) is 36.0 Å². The van der Waals surface area contributed by atoms with Crippen molar-refractivity contribution in [3.63, 3.8) is 0 Å². The van der Waals surface area contributed by atoms with E-state index in [0.717, 1.165) is 18.7 Å². The Morgan fingerprint density at radius 1 is 1.23 bits per heavy atom. The van der Waals surface area contributed by atoms with Crippen LogP contribution in [-0.2, 0) is 26.1 Å². The van der Waals surface area contributed by atoms with Crippen LogP contribution < -0.4 is 5.32 Å². The summed E-state index contributed by atoms with van der Waals surface area (Å²) in [5, 5.41) is 22.6. The van der Waals surface area contributed by atoms with Crippen molar-refractivity contribution in [2.75, 3.05) is 6.54 Å². The van der Waals surface area contributed by atoms with E-state index in [2.05, 4.69) is 32.7 Å². The largest absolute Gasteiger partial charge is 0.358 e. The summed E-state index contributed by atoms with van der Waals surface area (Å²) < 4.78 is 3.26. The lowest BCUT2D eigenvalue weighted by molar-refractivity contribution is -0.392. The van der Waals surface area contributed by atoms with E-state index in [-0.39, 0.29) is 5.82 Å². The molecule has 0 bridgehead atoms. The van der Waals surface area contributed by atoms with Gasteiger partial charge in [0.1, 0.15) is 12.7 Å². The lowest BCUT2D eigenvalue weighted by atomic mass is 10.1. The standard InChI is InChI=1S/C17H21N7O2/c1-14-19-12-17(24(25)26)23(14)10-9-22-13-16(20-21-22)11-18-8-7-15-5-3-2-4-6-15/h2-6,12-13,18H,7-11H2,1H3. The number of imidazole rings is 1. The highest BCUT2D eigenvalue weighted by atomic mass is 16.6. The molecule has 0 aliphatic rings. The summed E-state index contributed by atoms with van der Waals surface area (Å²) in [5.41, 5.74) is 2.14. The van der Waals surface area contributed by atoms with Gasteiger partial charge in [0.05, 0.1) is 12.2 Å². The smallest absolute Gasteiger partial charge is 0.342 e. The molecule has 0 radical (unpaired) electrons. The fraction of sp³-hybridized carbons (Fsp3) is 0.353. The molecule has 0 spiro atoms. The van der Waals surface area contributed by atoms with Crippen LogP contribution in [0.25, 0.3) is 0 Å². The fourth-order valence-electron chi connectivity index (χ4n) is 2.70. The molecular formula is C17H21N7O2. The SMILES string of the molecule is Cc1ncc([N+](=O)[O-])n1CCn1cc(CNCCc2ccccc2)nn1. The first-order valence-corrected chi connectivity index (χ1v) is 8.43. The summed E-state index contributed by atoms with van der Waals surface area (Å²) in [4.78, 5) is 14.6. The lowest BCUT2D eigenvalue weighted by Gasteiger charge is -2.03. The number of nitrogens with zero attached hydrogens (tertiary/aromatic N) is 6. The first-order chi connectivity index (χ1) is 12.6. The number of rotatable bonds is 9. The van der Waals surface area contributed by atoms with E-state index in [9.17, 15) is 10.1 Å². The van der Waals surface area contributed by atoms with Gasteiger partial charge < -0.3 is 15.4 Å². The molecule has 136 valence electrons. The van der Waals surface area contributed by atoms with Crippen LogP contribution in [0, 0.1) is 17.0 Å². The predicted octanol–water partition coefficient (Wildman–Crippen LogP) is 1.72. The average molecular weight is 355 g/mol. The van der Waals surface area contributed by atoms with Crippen LogP contribution in [0.2, 0.25) is 0 Å². The van der Waals surface area contributed by atoms with Gasteiger partial charge in [-0.25, -0.2) is 14.2 Å². The molecule has 26 heavy (non-hydrogen) atoms. The van der Waals surface area contributed by atoms with Gasteiger partial charge in [0.25, 0.3) is 0 Å². The highest BCUT2D eigenvalue weighted by Gasteiger charge is 2.17. The summed E-state index contributed by atoms with van der Waals surface area (Å²) in [5.74, 6) is 0.602. The predicted molar refractivity (Wildman–Crippen MR) is 95.5 cm³/mol. The molecule has 0 amide bonds. The lowest BCUT2D eigenvalue weighted by Crippen LogP contribution is -2.16. The Morgan fingerprint density at radius 2 is 2.04 bits per heavy atom. The van der Waals surface area contributed by atoms with Crippen molar-refractivity contribution in [3.05, 3.63) is 69.9 Å². The molecule has 0 aliphatic heterocycles. The minimum atomic E-state index is -0.427. The molecular weight excluding hydrogens is 334 g/mol. The maximum atomic E-state index is 11.0. The van der Waals surface area contributed by atoms with E-state index in [4.69, 9.17) is 0 Å². The molecule has 0 unspecified atom stereocenters. The van der Waals surface area contributed by atoms with Crippen LogP contribution in [0.1, 0.15) is 17.1 Å². The Kier molecular flexibility index (Phi) is 5.69. The van der Waals surface area contributed by atoms with E-state index in [1.165, 1.54) is 11.8 Å². The summed E-state index contributed by atoms with van der Waals surface area (Å²) in [6, 6.07) is 10.3. The van der Waals surface area contributed by atoms with E-state index in [1.807, 2.05) is 24.4 Å². The van der Waals surface area contributed by atoms with Crippen LogP contribution in [0.15, 0.2) is 42.7 Å². The number of nitro groups is 1. The van der Waals surface area contributed by atoms with E-state index in [0.29, 0.717) is 25.5 Å². The third kappa shape index (κ3) is 4.51. The first-order valence-electron chi connectivity index (χ1n) is 8.43. The Morgan fingerprint density at radius 3 is 2.81 bits per heavy atom. The number of nitrogens with one attached hydrogen (secondary N) is 1. The van der Waals surface area contributed by atoms with Gasteiger partial charge in [0, 0.05) is 19.7 Å². The van der Waals surface area contributed by atoms with Crippen LogP contribution in [0.5, 0.6) is 0 Å². The quantitative estimate of drug-likeness (QED) is 0.356. The summed E-state index contributed by atoms with van der Waals surface area (Å²) in [7, 11) is 0. The molecule has 2 aromatic heterocycles. The van der Waals surface area contributed by atoms with Gasteiger partial charge in [-0.15, -0.1) is 5.10 Å². The first kappa shape index (κ1) is 17.7. The molecule has 1 aromatic carbocycles. The second kappa shape index (κ2) is 8.34. The zero-order valence-corrected chi connectivity index (χ0v) is 14.6. The fourth-order valence-corrected chi connectivity index (χ4v) is 2.70. The second-order valence-electron chi connectivity index (χ2n) is 5.96. The molecule has 9 heteroatoms. The minimum absolute atomic E-state index is 0.00887. The van der Waals surface area contributed by atoms with E-state index < -0.39 is 4.92 Å². The van der Waals surface area contributed by atoms with E-state index in [1.54, 1.807) is 16.2 Å². The monoisotopic (exact) mass is 355 g/mol. The maximum absolute atomic E-state index is 11.0. The number of aromatic nitrogens is 5. The second-order valence-corrected chi connectivity index (χ2v) is 5.96. The molecule has 0 fully saturated rings. The van der Waals surface area contributed by atoms with Crippen LogP contribution in [0.4, 0.5) is 5.82 Å². The molecule has 2 heterocycles. The normalized spacial score (nSPS) is 11.0. The Labute approximate surface area is 150 Å². The van der Waals surface area contributed by atoms with Gasteiger partial charge >= 0.3 is 5.82 Å². The average Bonchev–Trinajstić information content (AvgIpc) is 3.24. The van der Waals surface area contributed by atoms with Gasteiger partial charge in [0.2, 0.25) is 0 Å². The molecule has 9 nitrogen and oxygen atoms in total. The Balaban J connectivity index is 1.46. The van der Waals surface area contributed by atoms with Gasteiger partial charge in [-0.2, -0.15) is 0 Å². The molecule has 3 aromatic rings. The van der Waals surface area contributed by atoms with Crippen molar-refractivity contribution in [1.29, 1.82) is 0 Å². The third-order valence-electron chi connectivity index (χ3n) is 4.10. The maximum Gasteiger partial charge on any atom is 0.342 e. The van der Waals surface area contributed by atoms with Crippen molar-refractivity contribution in [1.82, 2.24) is 29.9 Å². The molecule has 0 aliphatic carbocycles.